The SMILES string of the molecule is CCC1CCC(NC(=O)NC(CC(=O)O)C(C)(C)C)C1C. The third-order valence-electron chi connectivity index (χ3n) is 4.80. The lowest BCUT2D eigenvalue weighted by molar-refractivity contribution is -0.138. The van der Waals surface area contributed by atoms with Crippen molar-refractivity contribution in [1.82, 2.24) is 10.6 Å². The van der Waals surface area contributed by atoms with Crippen LogP contribution in [0.3, 0.4) is 0 Å². The van der Waals surface area contributed by atoms with E-state index >= 15 is 0 Å². The van der Waals surface area contributed by atoms with Gasteiger partial charge in [-0.2, -0.15) is 0 Å². The first-order chi connectivity index (χ1) is 9.65. The Morgan fingerprint density at radius 2 is 1.90 bits per heavy atom. The van der Waals surface area contributed by atoms with Gasteiger partial charge in [-0.3, -0.25) is 4.79 Å². The molecule has 0 aliphatic heterocycles. The molecule has 0 spiro atoms. The maximum Gasteiger partial charge on any atom is 0.315 e. The van der Waals surface area contributed by atoms with Gasteiger partial charge in [0.2, 0.25) is 0 Å². The number of carbonyl (C=O) groups excluding carboxylic acids is 1. The van der Waals surface area contributed by atoms with Crippen LogP contribution in [0.1, 0.15) is 60.3 Å². The molecule has 1 aliphatic rings. The van der Waals surface area contributed by atoms with Gasteiger partial charge in [-0.1, -0.05) is 41.0 Å². The van der Waals surface area contributed by atoms with Crippen LogP contribution >= 0.6 is 0 Å². The highest BCUT2D eigenvalue weighted by atomic mass is 16.4. The molecule has 0 aromatic heterocycles. The largest absolute Gasteiger partial charge is 0.481 e. The van der Waals surface area contributed by atoms with Crippen molar-refractivity contribution in [1.29, 1.82) is 0 Å². The van der Waals surface area contributed by atoms with Gasteiger partial charge in [0, 0.05) is 12.1 Å². The zero-order valence-corrected chi connectivity index (χ0v) is 13.9. The zero-order chi connectivity index (χ0) is 16.2. The molecule has 0 bridgehead atoms. The number of aliphatic carboxylic acids is 1. The predicted molar refractivity (Wildman–Crippen MR) is 83.1 cm³/mol. The summed E-state index contributed by atoms with van der Waals surface area (Å²) in [7, 11) is 0. The number of rotatable bonds is 5. The number of carbonyl (C=O) groups is 2. The van der Waals surface area contributed by atoms with Crippen molar-refractivity contribution in [2.24, 2.45) is 17.3 Å². The molecule has 0 heterocycles. The van der Waals surface area contributed by atoms with Crippen LogP contribution in [0.25, 0.3) is 0 Å². The maximum atomic E-state index is 12.2. The summed E-state index contributed by atoms with van der Waals surface area (Å²) in [6.07, 6.45) is 3.24. The second kappa shape index (κ2) is 7.14. The minimum absolute atomic E-state index is 0.0608. The summed E-state index contributed by atoms with van der Waals surface area (Å²) in [5.41, 5.74) is -0.289. The van der Waals surface area contributed by atoms with E-state index in [1.54, 1.807) is 0 Å². The average molecular weight is 298 g/mol. The smallest absolute Gasteiger partial charge is 0.315 e. The van der Waals surface area contributed by atoms with Gasteiger partial charge >= 0.3 is 12.0 Å². The number of hydrogen-bond donors (Lipinski definition) is 3. The molecule has 122 valence electrons. The van der Waals surface area contributed by atoms with Crippen molar-refractivity contribution in [2.45, 2.75) is 72.4 Å². The van der Waals surface area contributed by atoms with E-state index < -0.39 is 5.97 Å². The van der Waals surface area contributed by atoms with Crippen molar-refractivity contribution in [3.8, 4) is 0 Å². The quantitative estimate of drug-likeness (QED) is 0.730. The number of carboxylic acids is 1. The number of urea groups is 1. The van der Waals surface area contributed by atoms with Crippen LogP contribution in [0, 0.1) is 17.3 Å². The van der Waals surface area contributed by atoms with Crippen molar-refractivity contribution >= 4 is 12.0 Å². The minimum atomic E-state index is -0.893. The van der Waals surface area contributed by atoms with Crippen molar-refractivity contribution < 1.29 is 14.7 Å². The fourth-order valence-electron chi connectivity index (χ4n) is 3.14. The van der Waals surface area contributed by atoms with Gasteiger partial charge in [-0.15, -0.1) is 0 Å². The Balaban J connectivity index is 2.57. The summed E-state index contributed by atoms with van der Waals surface area (Å²) in [4.78, 5) is 23.1. The Morgan fingerprint density at radius 3 is 2.33 bits per heavy atom. The van der Waals surface area contributed by atoms with Crippen molar-refractivity contribution in [3.05, 3.63) is 0 Å². The first-order valence-corrected chi connectivity index (χ1v) is 7.94. The Bertz CT molecular complexity index is 376. The second-order valence-corrected chi connectivity index (χ2v) is 7.35. The molecule has 1 fully saturated rings. The summed E-state index contributed by atoms with van der Waals surface area (Å²) in [5.74, 6) is 0.261. The van der Waals surface area contributed by atoms with Gasteiger partial charge in [-0.05, 0) is 30.1 Å². The number of hydrogen-bond acceptors (Lipinski definition) is 2. The number of amides is 2. The van der Waals surface area contributed by atoms with Gasteiger partial charge < -0.3 is 15.7 Å². The molecule has 5 heteroatoms. The highest BCUT2D eigenvalue weighted by Crippen LogP contribution is 2.33. The summed E-state index contributed by atoms with van der Waals surface area (Å²) in [6.45, 7) is 10.2. The maximum absolute atomic E-state index is 12.2. The molecule has 2 amide bonds. The number of carboxylic acid groups (broad SMARTS) is 1. The van der Waals surface area contributed by atoms with Crippen LogP contribution < -0.4 is 10.6 Å². The average Bonchev–Trinajstić information content (AvgIpc) is 2.68. The lowest BCUT2D eigenvalue weighted by Gasteiger charge is -2.31. The highest BCUT2D eigenvalue weighted by molar-refractivity contribution is 5.76. The fourth-order valence-corrected chi connectivity index (χ4v) is 3.14. The molecule has 4 unspecified atom stereocenters. The van der Waals surface area contributed by atoms with E-state index in [9.17, 15) is 9.59 Å². The van der Waals surface area contributed by atoms with Gasteiger partial charge in [0.25, 0.3) is 0 Å². The van der Waals surface area contributed by atoms with Crippen LogP contribution in [0.4, 0.5) is 4.79 Å². The summed E-state index contributed by atoms with van der Waals surface area (Å²) in [5, 5.41) is 14.8. The van der Waals surface area contributed by atoms with Crippen LogP contribution in [0.5, 0.6) is 0 Å². The minimum Gasteiger partial charge on any atom is -0.481 e. The van der Waals surface area contributed by atoms with E-state index in [1.807, 2.05) is 20.8 Å². The normalized spacial score (nSPS) is 27.2. The molecule has 0 radical (unpaired) electrons. The van der Waals surface area contributed by atoms with Crippen LogP contribution in [-0.2, 0) is 4.79 Å². The van der Waals surface area contributed by atoms with Gasteiger partial charge in [0.15, 0.2) is 0 Å². The van der Waals surface area contributed by atoms with E-state index in [0.29, 0.717) is 11.8 Å². The Hall–Kier alpha value is -1.26. The Kier molecular flexibility index (Phi) is 6.05. The molecule has 1 aliphatic carbocycles. The topological polar surface area (TPSA) is 78.4 Å². The molecule has 0 aromatic rings. The van der Waals surface area contributed by atoms with Crippen LogP contribution in [-0.4, -0.2) is 29.2 Å². The van der Waals surface area contributed by atoms with E-state index in [4.69, 9.17) is 5.11 Å². The van der Waals surface area contributed by atoms with Gasteiger partial charge in [0.05, 0.1) is 6.42 Å². The first kappa shape index (κ1) is 17.8. The molecule has 0 saturated heterocycles. The monoisotopic (exact) mass is 298 g/mol. The predicted octanol–water partition coefficient (Wildman–Crippen LogP) is 3.00. The van der Waals surface area contributed by atoms with Crippen LogP contribution in [0.2, 0.25) is 0 Å². The third kappa shape index (κ3) is 5.21. The molecule has 21 heavy (non-hydrogen) atoms. The first-order valence-electron chi connectivity index (χ1n) is 7.94. The fraction of sp³-hybridized carbons (Fsp3) is 0.875. The molecule has 1 rings (SSSR count). The van der Waals surface area contributed by atoms with Gasteiger partial charge in [0.1, 0.15) is 0 Å². The molecular formula is C16H30N2O3. The van der Waals surface area contributed by atoms with Crippen molar-refractivity contribution in [2.75, 3.05) is 0 Å². The Labute approximate surface area is 127 Å². The molecule has 5 nitrogen and oxygen atoms in total. The number of nitrogens with one attached hydrogen (secondary N) is 2. The summed E-state index contributed by atoms with van der Waals surface area (Å²) < 4.78 is 0. The second-order valence-electron chi connectivity index (χ2n) is 7.35. The molecular weight excluding hydrogens is 268 g/mol. The summed E-state index contributed by atoms with van der Waals surface area (Å²) in [6, 6.07) is -0.432. The van der Waals surface area contributed by atoms with Crippen molar-refractivity contribution in [3.63, 3.8) is 0 Å². The van der Waals surface area contributed by atoms with Gasteiger partial charge in [-0.25, -0.2) is 4.79 Å². The zero-order valence-electron chi connectivity index (χ0n) is 13.9. The molecule has 1 saturated carbocycles. The lowest BCUT2D eigenvalue weighted by atomic mass is 9.85. The van der Waals surface area contributed by atoms with E-state index in [1.165, 1.54) is 0 Å². The lowest BCUT2D eigenvalue weighted by Crippen LogP contribution is -2.51. The van der Waals surface area contributed by atoms with E-state index in [-0.39, 0.29) is 30.0 Å². The van der Waals surface area contributed by atoms with Crippen LogP contribution in [0.15, 0.2) is 0 Å². The standard InChI is InChI=1S/C16H30N2O3/c1-6-11-7-8-12(10(11)2)17-15(21)18-13(9-14(19)20)16(3,4)5/h10-13H,6-9H2,1-5H3,(H,19,20)(H2,17,18,21). The highest BCUT2D eigenvalue weighted by Gasteiger charge is 2.34. The molecule has 3 N–H and O–H groups in total. The molecule has 4 atom stereocenters. The third-order valence-corrected chi connectivity index (χ3v) is 4.80. The van der Waals surface area contributed by atoms with E-state index in [2.05, 4.69) is 24.5 Å². The van der Waals surface area contributed by atoms with E-state index in [0.717, 1.165) is 19.3 Å². The summed E-state index contributed by atoms with van der Waals surface area (Å²) >= 11 is 0. The molecule has 0 aromatic carbocycles. The Morgan fingerprint density at radius 1 is 1.29 bits per heavy atom.